The molecule has 1 N–H and O–H groups in total. The van der Waals surface area contributed by atoms with E-state index in [0.29, 0.717) is 37.8 Å². The van der Waals surface area contributed by atoms with E-state index >= 15 is 0 Å². The highest BCUT2D eigenvalue weighted by Gasteiger charge is 2.33. The van der Waals surface area contributed by atoms with Gasteiger partial charge in [0.2, 0.25) is 5.91 Å². The number of pyridine rings is 1. The number of alkyl halides is 3. The molecule has 2 aromatic rings. The number of carbonyl (C=O) groups is 1. The smallest absolute Gasteiger partial charge is 0.378 e. The molecule has 0 spiro atoms. The number of ether oxygens (including phenoxy) is 1. The van der Waals surface area contributed by atoms with Gasteiger partial charge in [-0.1, -0.05) is 17.7 Å². The zero-order valence-corrected chi connectivity index (χ0v) is 15.4. The Morgan fingerprint density at radius 1 is 1.25 bits per heavy atom. The van der Waals surface area contributed by atoms with Crippen molar-refractivity contribution in [3.8, 4) is 0 Å². The Hall–Kier alpha value is -2.58. The largest absolute Gasteiger partial charge is 0.417 e. The van der Waals surface area contributed by atoms with Crippen LogP contribution in [-0.2, 0) is 15.7 Å². The Morgan fingerprint density at radius 3 is 2.71 bits per heavy atom. The summed E-state index contributed by atoms with van der Waals surface area (Å²) in [4.78, 5) is 18.6. The maximum absolute atomic E-state index is 12.9. The monoisotopic (exact) mass is 411 g/mol. The van der Waals surface area contributed by atoms with E-state index in [4.69, 9.17) is 16.3 Å². The summed E-state index contributed by atoms with van der Waals surface area (Å²) in [5.74, 6) is 0.143. The average molecular weight is 412 g/mol. The van der Waals surface area contributed by atoms with Gasteiger partial charge in [-0.25, -0.2) is 4.98 Å². The molecular formula is C19H17ClF3N3O2. The van der Waals surface area contributed by atoms with Crippen molar-refractivity contribution in [2.45, 2.75) is 6.18 Å². The standard InChI is InChI=1S/C19H17ClF3N3O2/c20-15-5-3-13(12-14(15)19(21,22)23)4-6-17(27)25-16-2-1-7-24-18(16)26-8-10-28-11-9-26/h1-7,12H,8-11H2,(H,25,27)/b6-4+. The fourth-order valence-corrected chi connectivity index (χ4v) is 2.96. The average Bonchev–Trinajstić information content (AvgIpc) is 2.67. The molecular weight excluding hydrogens is 395 g/mol. The molecule has 148 valence electrons. The molecule has 1 fully saturated rings. The van der Waals surface area contributed by atoms with Crippen molar-refractivity contribution in [2.24, 2.45) is 0 Å². The Morgan fingerprint density at radius 2 is 2.00 bits per heavy atom. The van der Waals surface area contributed by atoms with Crippen LogP contribution in [0.25, 0.3) is 6.08 Å². The Kier molecular flexibility index (Phi) is 6.21. The summed E-state index contributed by atoms with van der Waals surface area (Å²) in [7, 11) is 0. The predicted molar refractivity (Wildman–Crippen MR) is 101 cm³/mol. The number of rotatable bonds is 4. The van der Waals surface area contributed by atoms with E-state index in [0.717, 1.165) is 12.1 Å². The SMILES string of the molecule is O=C(/C=C/c1ccc(Cl)c(C(F)(F)F)c1)Nc1cccnc1N1CCOCC1. The van der Waals surface area contributed by atoms with Crippen molar-refractivity contribution in [1.82, 2.24) is 4.98 Å². The number of benzene rings is 1. The van der Waals surface area contributed by atoms with Gasteiger partial charge in [-0.05, 0) is 35.9 Å². The normalized spacial score (nSPS) is 15.1. The number of morpholine rings is 1. The summed E-state index contributed by atoms with van der Waals surface area (Å²) in [6, 6.07) is 6.87. The van der Waals surface area contributed by atoms with Crippen LogP contribution in [0.15, 0.2) is 42.6 Å². The highest BCUT2D eigenvalue weighted by Crippen LogP contribution is 2.35. The third-order valence-electron chi connectivity index (χ3n) is 4.08. The van der Waals surface area contributed by atoms with Crippen molar-refractivity contribution in [3.63, 3.8) is 0 Å². The van der Waals surface area contributed by atoms with E-state index in [9.17, 15) is 18.0 Å². The molecule has 5 nitrogen and oxygen atoms in total. The Bertz CT molecular complexity index is 881. The Labute approximate surface area is 164 Å². The van der Waals surface area contributed by atoms with Crippen LogP contribution in [0.3, 0.4) is 0 Å². The minimum absolute atomic E-state index is 0.214. The summed E-state index contributed by atoms with van der Waals surface area (Å²) >= 11 is 5.60. The first-order chi connectivity index (χ1) is 13.3. The third kappa shape index (κ3) is 5.02. The van der Waals surface area contributed by atoms with Crippen LogP contribution in [0.5, 0.6) is 0 Å². The lowest BCUT2D eigenvalue weighted by Gasteiger charge is -2.29. The second kappa shape index (κ2) is 8.62. The van der Waals surface area contributed by atoms with Crippen molar-refractivity contribution in [3.05, 3.63) is 58.8 Å². The summed E-state index contributed by atoms with van der Waals surface area (Å²) < 4.78 is 44.1. The van der Waals surface area contributed by atoms with Gasteiger partial charge in [0, 0.05) is 25.4 Å². The van der Waals surface area contributed by atoms with Crippen molar-refractivity contribution in [2.75, 3.05) is 36.5 Å². The van der Waals surface area contributed by atoms with Crippen LogP contribution in [-0.4, -0.2) is 37.2 Å². The molecule has 1 amide bonds. The summed E-state index contributed by atoms with van der Waals surface area (Å²) in [5.41, 5.74) is -0.212. The second-order valence-corrected chi connectivity index (χ2v) is 6.44. The number of carbonyl (C=O) groups excluding carboxylic acids is 1. The number of nitrogens with one attached hydrogen (secondary N) is 1. The molecule has 0 saturated carbocycles. The molecule has 1 aromatic heterocycles. The molecule has 1 saturated heterocycles. The van der Waals surface area contributed by atoms with E-state index in [2.05, 4.69) is 10.3 Å². The van der Waals surface area contributed by atoms with E-state index in [1.54, 1.807) is 18.3 Å². The summed E-state index contributed by atoms with van der Waals surface area (Å²) in [5, 5.41) is 2.33. The molecule has 1 aromatic carbocycles. The van der Waals surface area contributed by atoms with Crippen LogP contribution >= 0.6 is 11.6 Å². The highest BCUT2D eigenvalue weighted by atomic mass is 35.5. The van der Waals surface area contributed by atoms with Gasteiger partial charge < -0.3 is 15.0 Å². The van der Waals surface area contributed by atoms with Crippen LogP contribution < -0.4 is 10.2 Å². The third-order valence-corrected chi connectivity index (χ3v) is 4.41. The highest BCUT2D eigenvalue weighted by molar-refractivity contribution is 6.31. The quantitative estimate of drug-likeness (QED) is 0.764. The van der Waals surface area contributed by atoms with Crippen LogP contribution in [0.1, 0.15) is 11.1 Å². The zero-order chi connectivity index (χ0) is 20.1. The van der Waals surface area contributed by atoms with Crippen LogP contribution in [0.2, 0.25) is 5.02 Å². The molecule has 0 atom stereocenters. The lowest BCUT2D eigenvalue weighted by molar-refractivity contribution is -0.137. The first-order valence-corrected chi connectivity index (χ1v) is 8.86. The lowest BCUT2D eigenvalue weighted by Crippen LogP contribution is -2.37. The predicted octanol–water partition coefficient (Wildman–Crippen LogP) is 4.24. The lowest BCUT2D eigenvalue weighted by atomic mass is 10.1. The van der Waals surface area contributed by atoms with Crippen molar-refractivity contribution in [1.29, 1.82) is 0 Å². The van der Waals surface area contributed by atoms with Gasteiger partial charge in [0.1, 0.15) is 0 Å². The topological polar surface area (TPSA) is 54.5 Å². The molecule has 0 aliphatic carbocycles. The Balaban J connectivity index is 1.73. The second-order valence-electron chi connectivity index (χ2n) is 6.03. The molecule has 28 heavy (non-hydrogen) atoms. The van der Waals surface area contributed by atoms with Gasteiger partial charge in [-0.2, -0.15) is 13.2 Å². The maximum atomic E-state index is 12.9. The van der Waals surface area contributed by atoms with E-state index in [1.165, 1.54) is 18.2 Å². The number of nitrogens with zero attached hydrogens (tertiary/aromatic N) is 2. The first-order valence-electron chi connectivity index (χ1n) is 8.48. The molecule has 2 heterocycles. The molecule has 3 rings (SSSR count). The minimum atomic E-state index is -4.56. The van der Waals surface area contributed by atoms with Crippen LogP contribution in [0, 0.1) is 0 Å². The van der Waals surface area contributed by atoms with Gasteiger partial charge in [0.25, 0.3) is 0 Å². The number of aromatic nitrogens is 1. The number of hydrogen-bond acceptors (Lipinski definition) is 4. The van der Waals surface area contributed by atoms with E-state index in [-0.39, 0.29) is 10.6 Å². The maximum Gasteiger partial charge on any atom is 0.417 e. The van der Waals surface area contributed by atoms with Gasteiger partial charge in [-0.15, -0.1) is 0 Å². The van der Waals surface area contributed by atoms with Gasteiger partial charge in [0.05, 0.1) is 29.5 Å². The first kappa shape index (κ1) is 20.2. The minimum Gasteiger partial charge on any atom is -0.378 e. The van der Waals surface area contributed by atoms with E-state index in [1.807, 2.05) is 4.90 Å². The van der Waals surface area contributed by atoms with Gasteiger partial charge in [-0.3, -0.25) is 4.79 Å². The summed E-state index contributed by atoms with van der Waals surface area (Å²) in [6.07, 6.45) is -0.472. The molecule has 9 heteroatoms. The zero-order valence-electron chi connectivity index (χ0n) is 14.7. The van der Waals surface area contributed by atoms with Gasteiger partial charge in [0.15, 0.2) is 5.82 Å². The van der Waals surface area contributed by atoms with Crippen molar-refractivity contribution < 1.29 is 22.7 Å². The van der Waals surface area contributed by atoms with Crippen molar-refractivity contribution >= 4 is 35.1 Å². The van der Waals surface area contributed by atoms with Gasteiger partial charge >= 0.3 is 6.18 Å². The molecule has 1 aliphatic heterocycles. The molecule has 1 aliphatic rings. The summed E-state index contributed by atoms with van der Waals surface area (Å²) in [6.45, 7) is 2.45. The molecule has 0 bridgehead atoms. The number of anilines is 2. The number of halogens is 4. The molecule has 0 radical (unpaired) electrons. The fourth-order valence-electron chi connectivity index (χ4n) is 2.73. The molecule has 0 unspecified atom stereocenters. The number of amides is 1. The van der Waals surface area contributed by atoms with Crippen LogP contribution in [0.4, 0.5) is 24.7 Å². The fraction of sp³-hybridized carbons (Fsp3) is 0.263. The number of hydrogen-bond donors (Lipinski definition) is 1. The van der Waals surface area contributed by atoms with E-state index < -0.39 is 17.6 Å².